The highest BCUT2D eigenvalue weighted by atomic mass is 35.5. The summed E-state index contributed by atoms with van der Waals surface area (Å²) in [7, 11) is 1.58. The van der Waals surface area contributed by atoms with Crippen LogP contribution >= 0.6 is 69.5 Å². The Kier molecular flexibility index (Phi) is 9.15. The zero-order chi connectivity index (χ0) is 28.4. The molecule has 0 saturated carbocycles. The number of carbonyl (C=O) groups is 3. The van der Waals surface area contributed by atoms with E-state index in [2.05, 4.69) is 15.6 Å². The Bertz CT molecular complexity index is 1610. The maximum Gasteiger partial charge on any atom is 0.338 e. The molecule has 0 spiro atoms. The number of halogens is 4. The number of aromatic nitrogens is 1. The number of carboxylic acid groups (broad SMARTS) is 1. The molecule has 3 N–H and O–H groups in total. The summed E-state index contributed by atoms with van der Waals surface area (Å²) in [4.78, 5) is 42.6. The summed E-state index contributed by atoms with van der Waals surface area (Å²) in [6.07, 6.45) is 0. The number of amides is 2. The van der Waals surface area contributed by atoms with Gasteiger partial charge in [-0.05, 0) is 49.4 Å². The minimum atomic E-state index is -1.49. The summed E-state index contributed by atoms with van der Waals surface area (Å²) in [5.41, 5.74) is 0.128. The maximum absolute atomic E-state index is 12.9. The molecule has 202 valence electrons. The number of anilines is 2. The van der Waals surface area contributed by atoms with Crippen LogP contribution in [0.1, 0.15) is 27.6 Å². The van der Waals surface area contributed by atoms with Crippen molar-refractivity contribution in [2.45, 2.75) is 17.1 Å². The van der Waals surface area contributed by atoms with Gasteiger partial charge in [-0.3, -0.25) is 9.59 Å². The lowest BCUT2D eigenvalue weighted by Crippen LogP contribution is -2.22. The lowest BCUT2D eigenvalue weighted by Gasteiger charge is -2.14. The van der Waals surface area contributed by atoms with Gasteiger partial charge in [0, 0.05) is 10.6 Å². The smallest absolute Gasteiger partial charge is 0.338 e. The van der Waals surface area contributed by atoms with Crippen LogP contribution < -0.4 is 15.4 Å². The van der Waals surface area contributed by atoms with Gasteiger partial charge in [0.1, 0.15) is 5.75 Å². The van der Waals surface area contributed by atoms with Gasteiger partial charge in [-0.2, -0.15) is 0 Å². The van der Waals surface area contributed by atoms with Crippen LogP contribution in [-0.4, -0.2) is 40.2 Å². The van der Waals surface area contributed by atoms with E-state index in [0.717, 1.165) is 15.1 Å². The van der Waals surface area contributed by atoms with Gasteiger partial charge in [0.15, 0.2) is 5.13 Å². The first kappa shape index (κ1) is 29.3. The highest BCUT2D eigenvalue weighted by molar-refractivity contribution is 8.00. The van der Waals surface area contributed by atoms with Gasteiger partial charge in [0.25, 0.3) is 5.91 Å². The fraction of sp³-hybridized carbons (Fsp3) is 0.120. The van der Waals surface area contributed by atoms with Crippen LogP contribution in [0.4, 0.5) is 10.8 Å². The summed E-state index contributed by atoms with van der Waals surface area (Å²) in [5, 5.41) is 13.8. The lowest BCUT2D eigenvalue weighted by atomic mass is 10.1. The van der Waals surface area contributed by atoms with Crippen molar-refractivity contribution in [1.29, 1.82) is 0 Å². The predicted molar refractivity (Wildman–Crippen MR) is 158 cm³/mol. The Morgan fingerprint density at radius 3 is 2.21 bits per heavy atom. The van der Waals surface area contributed by atoms with E-state index < -0.39 is 33.3 Å². The minimum Gasteiger partial charge on any atom is -0.497 e. The van der Waals surface area contributed by atoms with Crippen molar-refractivity contribution in [3.63, 3.8) is 0 Å². The molecule has 3 aromatic carbocycles. The molecule has 0 aliphatic heterocycles. The van der Waals surface area contributed by atoms with Crippen molar-refractivity contribution >= 4 is 108 Å². The van der Waals surface area contributed by atoms with Crippen molar-refractivity contribution in [3.8, 4) is 5.75 Å². The van der Waals surface area contributed by atoms with Gasteiger partial charge in [0.2, 0.25) is 5.91 Å². The van der Waals surface area contributed by atoms with Crippen LogP contribution in [0.5, 0.6) is 5.75 Å². The Hall–Kier alpha value is -2.73. The fourth-order valence-corrected chi connectivity index (χ4v) is 6.19. The number of methoxy groups -OCH3 is 1. The average molecular weight is 645 g/mol. The molecular weight excluding hydrogens is 628 g/mol. The number of thioether (sulfide) groups is 1. The lowest BCUT2D eigenvalue weighted by molar-refractivity contribution is -0.115. The van der Waals surface area contributed by atoms with Crippen LogP contribution in [0.15, 0.2) is 47.4 Å². The van der Waals surface area contributed by atoms with E-state index in [1.165, 1.54) is 23.1 Å². The maximum atomic E-state index is 12.9. The fourth-order valence-electron chi connectivity index (χ4n) is 3.41. The second kappa shape index (κ2) is 12.2. The van der Waals surface area contributed by atoms with E-state index in [0.29, 0.717) is 16.6 Å². The van der Waals surface area contributed by atoms with Gasteiger partial charge < -0.3 is 20.5 Å². The molecule has 4 rings (SSSR count). The molecule has 0 aliphatic rings. The number of nitrogens with one attached hydrogen (secondary N) is 2. The largest absolute Gasteiger partial charge is 0.497 e. The third-order valence-corrected chi connectivity index (χ3v) is 9.18. The van der Waals surface area contributed by atoms with Crippen molar-refractivity contribution < 1.29 is 24.2 Å². The van der Waals surface area contributed by atoms with Crippen LogP contribution in [0.3, 0.4) is 0 Å². The monoisotopic (exact) mass is 643 g/mol. The predicted octanol–water partition coefficient (Wildman–Crippen LogP) is 7.99. The van der Waals surface area contributed by atoms with E-state index in [1.54, 1.807) is 44.4 Å². The second-order valence-electron chi connectivity index (χ2n) is 7.89. The summed E-state index contributed by atoms with van der Waals surface area (Å²) >= 11 is 26.8. The number of aromatic carboxylic acids is 1. The van der Waals surface area contributed by atoms with Crippen LogP contribution in [0, 0.1) is 0 Å². The molecule has 14 heteroatoms. The topological polar surface area (TPSA) is 118 Å². The zero-order valence-corrected chi connectivity index (χ0v) is 24.6. The molecule has 0 radical (unpaired) electrons. The number of thiazole rings is 1. The van der Waals surface area contributed by atoms with Crippen molar-refractivity contribution in [3.05, 3.63) is 73.7 Å². The van der Waals surface area contributed by atoms with Crippen LogP contribution in [-0.2, 0) is 4.79 Å². The molecule has 0 saturated heterocycles. The van der Waals surface area contributed by atoms with E-state index in [-0.39, 0.29) is 21.0 Å². The number of fused-ring (bicyclic) bond motifs is 1. The first-order valence-corrected chi connectivity index (χ1v) is 14.1. The molecule has 0 bridgehead atoms. The Labute approximate surface area is 250 Å². The summed E-state index contributed by atoms with van der Waals surface area (Å²) in [6, 6.07) is 12.1. The SMILES string of the molecule is COc1ccc2nc(NC(=O)C(C)Sc3ccc(NC(=O)c4c(Cl)c(Cl)c(Cl)c(Cl)c4C(=O)O)cc3)sc2c1. The summed E-state index contributed by atoms with van der Waals surface area (Å²) < 4.78 is 6.11. The summed E-state index contributed by atoms with van der Waals surface area (Å²) in [5.74, 6) is -1.84. The molecule has 1 atom stereocenters. The highest BCUT2D eigenvalue weighted by Gasteiger charge is 2.29. The van der Waals surface area contributed by atoms with Crippen molar-refractivity contribution in [1.82, 2.24) is 4.98 Å². The van der Waals surface area contributed by atoms with E-state index >= 15 is 0 Å². The van der Waals surface area contributed by atoms with E-state index in [9.17, 15) is 19.5 Å². The first-order valence-electron chi connectivity index (χ1n) is 10.9. The first-order chi connectivity index (χ1) is 18.5. The number of benzene rings is 3. The zero-order valence-electron chi connectivity index (χ0n) is 20.0. The number of hydrogen-bond acceptors (Lipinski definition) is 7. The third kappa shape index (κ3) is 6.37. The number of ether oxygens (including phenoxy) is 1. The van der Waals surface area contributed by atoms with Gasteiger partial charge in [-0.15, -0.1) is 11.8 Å². The molecule has 4 aromatic rings. The number of carbonyl (C=O) groups excluding carboxylic acids is 2. The van der Waals surface area contributed by atoms with Crippen molar-refractivity contribution in [2.24, 2.45) is 0 Å². The summed E-state index contributed by atoms with van der Waals surface area (Å²) in [6.45, 7) is 1.76. The Morgan fingerprint density at radius 2 is 1.59 bits per heavy atom. The highest BCUT2D eigenvalue weighted by Crippen LogP contribution is 2.42. The molecule has 1 heterocycles. The van der Waals surface area contributed by atoms with Gasteiger partial charge in [0.05, 0.1) is 53.8 Å². The molecule has 2 amide bonds. The molecule has 1 unspecified atom stereocenters. The van der Waals surface area contributed by atoms with Gasteiger partial charge in [-0.25, -0.2) is 9.78 Å². The third-order valence-electron chi connectivity index (χ3n) is 5.33. The minimum absolute atomic E-state index is 0.226. The standard InChI is InChI=1S/C25H17Cl4N3O5S2/c1-10(22(33)32-25-31-14-8-5-12(37-2)9-15(14)39-25)38-13-6-3-11(4-7-13)30-23(34)16-17(24(35)36)19(27)21(29)20(28)18(16)26/h3-10H,1-2H3,(H,30,34)(H,35,36)(H,31,32,33). The number of carboxylic acids is 1. The van der Waals surface area contributed by atoms with Crippen LogP contribution in [0.25, 0.3) is 10.2 Å². The molecule has 1 aromatic heterocycles. The van der Waals surface area contributed by atoms with Gasteiger partial charge in [-0.1, -0.05) is 57.7 Å². The molecule has 0 aliphatic carbocycles. The average Bonchev–Trinajstić information content (AvgIpc) is 3.31. The van der Waals surface area contributed by atoms with Crippen LogP contribution in [0.2, 0.25) is 20.1 Å². The Balaban J connectivity index is 1.43. The van der Waals surface area contributed by atoms with Crippen molar-refractivity contribution in [2.75, 3.05) is 17.7 Å². The molecule has 39 heavy (non-hydrogen) atoms. The Morgan fingerprint density at radius 1 is 0.949 bits per heavy atom. The van der Waals surface area contributed by atoms with E-state index in [4.69, 9.17) is 51.1 Å². The normalized spacial score (nSPS) is 11.7. The molecule has 0 fully saturated rings. The number of nitrogens with zero attached hydrogens (tertiary/aromatic N) is 1. The molecular formula is C25H17Cl4N3O5S2. The number of rotatable bonds is 8. The van der Waals surface area contributed by atoms with E-state index in [1.807, 2.05) is 12.1 Å². The number of hydrogen-bond donors (Lipinski definition) is 3. The second-order valence-corrected chi connectivity index (χ2v) is 11.8. The quantitative estimate of drug-likeness (QED) is 0.101. The van der Waals surface area contributed by atoms with Gasteiger partial charge >= 0.3 is 5.97 Å². The molecule has 8 nitrogen and oxygen atoms in total.